The summed E-state index contributed by atoms with van der Waals surface area (Å²) >= 11 is 1.47. The summed E-state index contributed by atoms with van der Waals surface area (Å²) in [5.41, 5.74) is 1.10. The van der Waals surface area contributed by atoms with Gasteiger partial charge in [-0.05, 0) is 17.7 Å². The van der Waals surface area contributed by atoms with Crippen molar-refractivity contribution in [2.45, 2.75) is 12.8 Å². The van der Waals surface area contributed by atoms with E-state index < -0.39 is 0 Å². The SMILES string of the molecule is O=C(CCc1ccco1)Nc1ncc(-c2ccccc2)s1. The number of hydrogen-bond donors (Lipinski definition) is 1. The van der Waals surface area contributed by atoms with Crippen LogP contribution in [0, 0.1) is 0 Å². The maximum absolute atomic E-state index is 11.9. The smallest absolute Gasteiger partial charge is 0.226 e. The lowest BCUT2D eigenvalue weighted by Gasteiger charge is -2.00. The van der Waals surface area contributed by atoms with Crippen LogP contribution in [0.5, 0.6) is 0 Å². The number of benzene rings is 1. The number of amides is 1. The summed E-state index contributed by atoms with van der Waals surface area (Å²) in [5.74, 6) is 0.759. The first-order valence-corrected chi connectivity index (χ1v) is 7.46. The Labute approximate surface area is 126 Å². The number of carbonyl (C=O) groups excluding carboxylic acids is 1. The molecule has 4 nitrogen and oxygen atoms in total. The van der Waals surface area contributed by atoms with Gasteiger partial charge in [0.1, 0.15) is 5.76 Å². The van der Waals surface area contributed by atoms with Crippen LogP contribution in [0.25, 0.3) is 10.4 Å². The van der Waals surface area contributed by atoms with Gasteiger partial charge in [0.2, 0.25) is 5.91 Å². The van der Waals surface area contributed by atoms with Crippen molar-refractivity contribution in [3.05, 3.63) is 60.7 Å². The number of thiazole rings is 1. The van der Waals surface area contributed by atoms with Crippen LogP contribution in [0.15, 0.2) is 59.3 Å². The Hall–Kier alpha value is -2.40. The van der Waals surface area contributed by atoms with Crippen LogP contribution in [0.2, 0.25) is 0 Å². The standard InChI is InChI=1S/C16H14N2O2S/c19-15(9-8-13-7-4-10-20-13)18-16-17-11-14(21-16)12-5-2-1-3-6-12/h1-7,10-11H,8-9H2,(H,17,18,19). The molecule has 2 aromatic heterocycles. The minimum absolute atomic E-state index is 0.0552. The second-order valence-electron chi connectivity index (χ2n) is 4.52. The zero-order valence-electron chi connectivity index (χ0n) is 11.3. The Balaban J connectivity index is 1.58. The fraction of sp³-hybridized carbons (Fsp3) is 0.125. The van der Waals surface area contributed by atoms with Crippen LogP contribution < -0.4 is 5.32 Å². The van der Waals surface area contributed by atoms with Crippen molar-refractivity contribution in [1.82, 2.24) is 4.98 Å². The first kappa shape index (κ1) is 13.6. The molecule has 2 heterocycles. The molecule has 106 valence electrons. The number of aromatic nitrogens is 1. The third-order valence-electron chi connectivity index (χ3n) is 2.99. The number of nitrogens with zero attached hydrogens (tertiary/aromatic N) is 1. The van der Waals surface area contributed by atoms with Gasteiger partial charge in [0, 0.05) is 19.0 Å². The molecule has 21 heavy (non-hydrogen) atoms. The minimum atomic E-state index is -0.0552. The highest BCUT2D eigenvalue weighted by Crippen LogP contribution is 2.28. The summed E-state index contributed by atoms with van der Waals surface area (Å²) in [4.78, 5) is 17.1. The van der Waals surface area contributed by atoms with Crippen LogP contribution in [0.4, 0.5) is 5.13 Å². The topological polar surface area (TPSA) is 55.1 Å². The normalized spacial score (nSPS) is 10.5. The number of furan rings is 1. The molecule has 0 spiro atoms. The van der Waals surface area contributed by atoms with E-state index in [4.69, 9.17) is 4.42 Å². The number of hydrogen-bond acceptors (Lipinski definition) is 4. The minimum Gasteiger partial charge on any atom is -0.469 e. The van der Waals surface area contributed by atoms with Gasteiger partial charge in [-0.15, -0.1) is 0 Å². The van der Waals surface area contributed by atoms with Crippen molar-refractivity contribution in [1.29, 1.82) is 0 Å². The Morgan fingerprint density at radius 1 is 1.19 bits per heavy atom. The van der Waals surface area contributed by atoms with Crippen LogP contribution in [-0.2, 0) is 11.2 Å². The summed E-state index contributed by atoms with van der Waals surface area (Å²) in [6, 6.07) is 13.7. The highest BCUT2D eigenvalue weighted by molar-refractivity contribution is 7.19. The molecule has 5 heteroatoms. The second kappa shape index (κ2) is 6.37. The Morgan fingerprint density at radius 2 is 2.05 bits per heavy atom. The van der Waals surface area contributed by atoms with E-state index >= 15 is 0 Å². The molecule has 0 aliphatic heterocycles. The molecule has 3 rings (SSSR count). The lowest BCUT2D eigenvalue weighted by molar-refractivity contribution is -0.116. The maximum atomic E-state index is 11.9. The zero-order chi connectivity index (χ0) is 14.5. The molecule has 0 aliphatic rings. The van der Waals surface area contributed by atoms with Crippen LogP contribution in [-0.4, -0.2) is 10.9 Å². The largest absolute Gasteiger partial charge is 0.469 e. The van der Waals surface area contributed by atoms with Gasteiger partial charge in [-0.2, -0.15) is 0 Å². The lowest BCUT2D eigenvalue weighted by Crippen LogP contribution is -2.11. The fourth-order valence-electron chi connectivity index (χ4n) is 1.94. The van der Waals surface area contributed by atoms with Gasteiger partial charge >= 0.3 is 0 Å². The van der Waals surface area contributed by atoms with E-state index in [1.807, 2.05) is 42.5 Å². The summed E-state index contributed by atoms with van der Waals surface area (Å²) in [6.07, 6.45) is 4.37. The van der Waals surface area contributed by atoms with E-state index in [2.05, 4.69) is 10.3 Å². The van der Waals surface area contributed by atoms with Crippen LogP contribution in [0.3, 0.4) is 0 Å². The van der Waals surface area contributed by atoms with E-state index in [9.17, 15) is 4.79 Å². The molecule has 1 N–H and O–H groups in total. The monoisotopic (exact) mass is 298 g/mol. The Morgan fingerprint density at radius 3 is 2.81 bits per heavy atom. The number of carbonyl (C=O) groups is 1. The molecule has 0 saturated heterocycles. The van der Waals surface area contributed by atoms with Gasteiger partial charge in [0.15, 0.2) is 5.13 Å². The summed E-state index contributed by atoms with van der Waals surface area (Å²) in [6.45, 7) is 0. The zero-order valence-corrected chi connectivity index (χ0v) is 12.1. The third-order valence-corrected chi connectivity index (χ3v) is 3.95. The molecule has 0 saturated carbocycles. The highest BCUT2D eigenvalue weighted by atomic mass is 32.1. The average Bonchev–Trinajstić information content (AvgIpc) is 3.17. The van der Waals surface area contributed by atoms with E-state index in [1.165, 1.54) is 11.3 Å². The third kappa shape index (κ3) is 3.58. The van der Waals surface area contributed by atoms with Crippen LogP contribution >= 0.6 is 11.3 Å². The molecule has 3 aromatic rings. The van der Waals surface area contributed by atoms with Gasteiger partial charge < -0.3 is 9.73 Å². The predicted octanol–water partition coefficient (Wildman–Crippen LogP) is 3.97. The van der Waals surface area contributed by atoms with E-state index in [1.54, 1.807) is 12.5 Å². The van der Waals surface area contributed by atoms with E-state index in [-0.39, 0.29) is 5.91 Å². The number of aryl methyl sites for hydroxylation is 1. The van der Waals surface area contributed by atoms with Crippen molar-refractivity contribution < 1.29 is 9.21 Å². The summed E-state index contributed by atoms with van der Waals surface area (Å²) in [7, 11) is 0. The van der Waals surface area contributed by atoms with Gasteiger partial charge in [-0.1, -0.05) is 41.7 Å². The van der Waals surface area contributed by atoms with Crippen LogP contribution in [0.1, 0.15) is 12.2 Å². The van der Waals surface area contributed by atoms with E-state index in [0.717, 1.165) is 16.2 Å². The molecular formula is C16H14N2O2S. The molecule has 0 unspecified atom stereocenters. The number of nitrogens with one attached hydrogen (secondary N) is 1. The van der Waals surface area contributed by atoms with Gasteiger partial charge in [0.25, 0.3) is 0 Å². The molecule has 1 amide bonds. The van der Waals surface area contributed by atoms with Crippen molar-refractivity contribution in [2.24, 2.45) is 0 Å². The van der Waals surface area contributed by atoms with Crippen molar-refractivity contribution in [2.75, 3.05) is 5.32 Å². The van der Waals surface area contributed by atoms with Gasteiger partial charge in [0.05, 0.1) is 11.1 Å². The maximum Gasteiger partial charge on any atom is 0.226 e. The quantitative estimate of drug-likeness (QED) is 0.775. The van der Waals surface area contributed by atoms with Gasteiger partial charge in [-0.25, -0.2) is 4.98 Å². The molecule has 0 aliphatic carbocycles. The second-order valence-corrected chi connectivity index (χ2v) is 5.55. The van der Waals surface area contributed by atoms with Crippen molar-refractivity contribution >= 4 is 22.4 Å². The molecule has 0 atom stereocenters. The Bertz CT molecular complexity index is 705. The lowest BCUT2D eigenvalue weighted by atomic mass is 10.2. The first-order valence-electron chi connectivity index (χ1n) is 6.65. The molecule has 1 aromatic carbocycles. The van der Waals surface area contributed by atoms with Gasteiger partial charge in [-0.3, -0.25) is 4.79 Å². The molecule has 0 bridgehead atoms. The number of anilines is 1. The van der Waals surface area contributed by atoms with Crippen molar-refractivity contribution in [3.8, 4) is 10.4 Å². The fourth-order valence-corrected chi connectivity index (χ4v) is 2.78. The molecular weight excluding hydrogens is 284 g/mol. The van der Waals surface area contributed by atoms with E-state index in [0.29, 0.717) is 18.0 Å². The molecule has 0 radical (unpaired) electrons. The highest BCUT2D eigenvalue weighted by Gasteiger charge is 2.08. The molecule has 0 fully saturated rings. The first-order chi connectivity index (χ1) is 10.3. The predicted molar refractivity (Wildman–Crippen MR) is 83.2 cm³/mol. The summed E-state index contributed by atoms with van der Waals surface area (Å²) < 4.78 is 5.20. The Kier molecular flexibility index (Phi) is 4.12. The average molecular weight is 298 g/mol. The summed E-state index contributed by atoms with van der Waals surface area (Å²) in [5, 5.41) is 3.44. The van der Waals surface area contributed by atoms with Crippen molar-refractivity contribution in [3.63, 3.8) is 0 Å². The number of rotatable bonds is 5.